The average molecular weight is 218 g/mol. The Balaban J connectivity index is 2.23. The molecule has 0 amide bonds. The largest absolute Gasteiger partial charge is 0.481 e. The van der Waals surface area contributed by atoms with Gasteiger partial charge in [-0.25, -0.2) is 9.67 Å². The number of anilines is 1. The van der Waals surface area contributed by atoms with Crippen LogP contribution in [-0.4, -0.2) is 21.9 Å². The van der Waals surface area contributed by atoms with Gasteiger partial charge in [0.25, 0.3) is 0 Å². The molecule has 0 aromatic carbocycles. The Bertz CT molecular complexity index is 492. The Labute approximate surface area is 93.9 Å². The Hall–Kier alpha value is -2.04. The van der Waals surface area contributed by atoms with Gasteiger partial charge in [0.05, 0.1) is 25.0 Å². The van der Waals surface area contributed by atoms with Crippen LogP contribution >= 0.6 is 0 Å². The lowest BCUT2D eigenvalue weighted by atomic mass is 10.3. The summed E-state index contributed by atoms with van der Waals surface area (Å²) in [4.78, 5) is 4.30. The van der Waals surface area contributed by atoms with Gasteiger partial charge in [-0.3, -0.25) is 0 Å². The van der Waals surface area contributed by atoms with Gasteiger partial charge >= 0.3 is 0 Å². The van der Waals surface area contributed by atoms with E-state index in [1.165, 1.54) is 0 Å². The van der Waals surface area contributed by atoms with Crippen molar-refractivity contribution in [3.05, 3.63) is 35.7 Å². The van der Waals surface area contributed by atoms with Crippen LogP contribution in [0.2, 0.25) is 0 Å². The first-order valence-corrected chi connectivity index (χ1v) is 4.99. The Morgan fingerprint density at radius 3 is 2.88 bits per heavy atom. The van der Waals surface area contributed by atoms with Crippen molar-refractivity contribution in [2.45, 2.75) is 13.5 Å². The molecule has 0 aliphatic carbocycles. The summed E-state index contributed by atoms with van der Waals surface area (Å²) in [6.07, 6.45) is 0. The van der Waals surface area contributed by atoms with Crippen molar-refractivity contribution in [2.24, 2.45) is 0 Å². The molecule has 16 heavy (non-hydrogen) atoms. The molecule has 0 aliphatic heterocycles. The maximum absolute atomic E-state index is 5.80. The van der Waals surface area contributed by atoms with E-state index in [0.717, 1.165) is 11.4 Å². The average Bonchev–Trinajstić information content (AvgIpc) is 2.58. The first-order valence-electron chi connectivity index (χ1n) is 4.99. The lowest BCUT2D eigenvalue weighted by Crippen LogP contribution is -2.07. The fraction of sp³-hybridized carbons (Fsp3) is 0.273. The molecule has 0 bridgehead atoms. The summed E-state index contributed by atoms with van der Waals surface area (Å²) < 4.78 is 6.78. The van der Waals surface area contributed by atoms with Crippen LogP contribution in [0.5, 0.6) is 5.88 Å². The molecule has 2 heterocycles. The third kappa shape index (κ3) is 2.13. The standard InChI is InChI=1S/C11H14N4O/c1-8-6-10(12)15(14-8)7-9-4-3-5-11(13-9)16-2/h3-6H,7,12H2,1-2H3. The third-order valence-corrected chi connectivity index (χ3v) is 2.24. The highest BCUT2D eigenvalue weighted by atomic mass is 16.5. The molecule has 2 aromatic heterocycles. The second-order valence-corrected chi connectivity index (χ2v) is 3.54. The highest BCUT2D eigenvalue weighted by molar-refractivity contribution is 5.31. The maximum Gasteiger partial charge on any atom is 0.213 e. The van der Waals surface area contributed by atoms with Crippen LogP contribution in [0.25, 0.3) is 0 Å². The van der Waals surface area contributed by atoms with Gasteiger partial charge in [-0.2, -0.15) is 5.10 Å². The van der Waals surface area contributed by atoms with E-state index >= 15 is 0 Å². The minimum absolute atomic E-state index is 0.552. The summed E-state index contributed by atoms with van der Waals surface area (Å²) in [6, 6.07) is 7.45. The molecule has 2 N–H and O–H groups in total. The molecular weight excluding hydrogens is 204 g/mol. The quantitative estimate of drug-likeness (QED) is 0.841. The Morgan fingerprint density at radius 1 is 1.44 bits per heavy atom. The van der Waals surface area contributed by atoms with E-state index in [9.17, 15) is 0 Å². The summed E-state index contributed by atoms with van der Waals surface area (Å²) >= 11 is 0. The first kappa shape index (κ1) is 10.5. The fourth-order valence-electron chi connectivity index (χ4n) is 1.50. The lowest BCUT2D eigenvalue weighted by molar-refractivity contribution is 0.395. The molecule has 0 saturated heterocycles. The second kappa shape index (κ2) is 4.22. The van der Waals surface area contributed by atoms with Crippen LogP contribution in [-0.2, 0) is 6.54 Å². The van der Waals surface area contributed by atoms with E-state index in [4.69, 9.17) is 10.5 Å². The number of nitrogens with two attached hydrogens (primary N) is 1. The van der Waals surface area contributed by atoms with Gasteiger partial charge in [0.2, 0.25) is 5.88 Å². The van der Waals surface area contributed by atoms with Crippen molar-refractivity contribution in [3.63, 3.8) is 0 Å². The van der Waals surface area contributed by atoms with Gasteiger partial charge in [0.1, 0.15) is 5.82 Å². The first-order chi connectivity index (χ1) is 7.69. The predicted molar refractivity (Wildman–Crippen MR) is 61.3 cm³/mol. The van der Waals surface area contributed by atoms with Crippen LogP contribution in [0.15, 0.2) is 24.3 Å². The Kier molecular flexibility index (Phi) is 2.76. The van der Waals surface area contributed by atoms with Gasteiger partial charge in [-0.1, -0.05) is 6.07 Å². The van der Waals surface area contributed by atoms with Crippen LogP contribution in [0.1, 0.15) is 11.4 Å². The SMILES string of the molecule is COc1cccc(Cn2nc(C)cc2N)n1. The van der Waals surface area contributed by atoms with Crippen LogP contribution < -0.4 is 10.5 Å². The minimum atomic E-state index is 0.552. The van der Waals surface area contributed by atoms with Gasteiger partial charge in [0.15, 0.2) is 0 Å². The maximum atomic E-state index is 5.80. The molecule has 0 atom stereocenters. The topological polar surface area (TPSA) is 66.0 Å². The monoisotopic (exact) mass is 218 g/mol. The Morgan fingerprint density at radius 2 is 2.25 bits per heavy atom. The van der Waals surface area contributed by atoms with E-state index in [2.05, 4.69) is 10.1 Å². The van der Waals surface area contributed by atoms with Crippen molar-refractivity contribution in [1.29, 1.82) is 0 Å². The smallest absolute Gasteiger partial charge is 0.213 e. The zero-order chi connectivity index (χ0) is 11.5. The number of pyridine rings is 1. The fourth-order valence-corrected chi connectivity index (χ4v) is 1.50. The number of hydrogen-bond acceptors (Lipinski definition) is 4. The van der Waals surface area contributed by atoms with Gasteiger partial charge in [-0.05, 0) is 13.0 Å². The predicted octanol–water partition coefficient (Wildman–Crippen LogP) is 1.23. The molecule has 0 fully saturated rings. The van der Waals surface area contributed by atoms with Gasteiger partial charge in [-0.15, -0.1) is 0 Å². The zero-order valence-electron chi connectivity index (χ0n) is 9.34. The number of methoxy groups -OCH3 is 1. The summed E-state index contributed by atoms with van der Waals surface area (Å²) in [6.45, 7) is 2.46. The van der Waals surface area contributed by atoms with E-state index < -0.39 is 0 Å². The van der Waals surface area contributed by atoms with E-state index in [0.29, 0.717) is 18.2 Å². The normalized spacial score (nSPS) is 10.4. The molecule has 5 heteroatoms. The highest BCUT2D eigenvalue weighted by Crippen LogP contribution is 2.11. The molecule has 0 saturated carbocycles. The van der Waals surface area contributed by atoms with Gasteiger partial charge in [0, 0.05) is 12.1 Å². The summed E-state index contributed by atoms with van der Waals surface area (Å²) in [7, 11) is 1.60. The number of aromatic nitrogens is 3. The third-order valence-electron chi connectivity index (χ3n) is 2.24. The van der Waals surface area contributed by atoms with E-state index in [1.54, 1.807) is 17.9 Å². The molecule has 5 nitrogen and oxygen atoms in total. The molecule has 2 aromatic rings. The van der Waals surface area contributed by atoms with Crippen molar-refractivity contribution >= 4 is 5.82 Å². The summed E-state index contributed by atoms with van der Waals surface area (Å²) in [5, 5.41) is 4.27. The zero-order valence-corrected chi connectivity index (χ0v) is 9.34. The van der Waals surface area contributed by atoms with Crippen molar-refractivity contribution in [1.82, 2.24) is 14.8 Å². The number of rotatable bonds is 3. The number of hydrogen-bond donors (Lipinski definition) is 1. The van der Waals surface area contributed by atoms with Crippen molar-refractivity contribution < 1.29 is 4.74 Å². The highest BCUT2D eigenvalue weighted by Gasteiger charge is 2.04. The summed E-state index contributed by atoms with van der Waals surface area (Å²) in [5.74, 6) is 1.24. The van der Waals surface area contributed by atoms with E-state index in [1.807, 2.05) is 25.1 Å². The van der Waals surface area contributed by atoms with Crippen LogP contribution in [0, 0.1) is 6.92 Å². The van der Waals surface area contributed by atoms with Gasteiger partial charge < -0.3 is 10.5 Å². The van der Waals surface area contributed by atoms with Crippen molar-refractivity contribution in [3.8, 4) is 5.88 Å². The number of nitrogens with zero attached hydrogens (tertiary/aromatic N) is 3. The van der Waals surface area contributed by atoms with Crippen LogP contribution in [0.3, 0.4) is 0 Å². The van der Waals surface area contributed by atoms with Crippen molar-refractivity contribution in [2.75, 3.05) is 12.8 Å². The minimum Gasteiger partial charge on any atom is -0.481 e. The lowest BCUT2D eigenvalue weighted by Gasteiger charge is -2.05. The van der Waals surface area contributed by atoms with Crippen LogP contribution in [0.4, 0.5) is 5.82 Å². The molecule has 0 spiro atoms. The second-order valence-electron chi connectivity index (χ2n) is 3.54. The number of aryl methyl sites for hydroxylation is 1. The molecule has 0 radical (unpaired) electrons. The van der Waals surface area contributed by atoms with E-state index in [-0.39, 0.29) is 0 Å². The molecule has 84 valence electrons. The number of ether oxygens (including phenoxy) is 1. The summed E-state index contributed by atoms with van der Waals surface area (Å²) in [5.41, 5.74) is 7.57. The molecular formula is C11H14N4O. The molecule has 0 unspecified atom stereocenters. The molecule has 2 rings (SSSR count). The molecule has 0 aliphatic rings. The number of nitrogen functional groups attached to an aromatic ring is 1.